The summed E-state index contributed by atoms with van der Waals surface area (Å²) in [6, 6.07) is 3.71. The maximum Gasteiger partial charge on any atom is 0.320 e. The van der Waals surface area contributed by atoms with Gasteiger partial charge in [0.25, 0.3) is 0 Å². The normalized spacial score (nSPS) is 25.4. The molecular weight excluding hydrogens is 612 g/mol. The number of nitrogens with zero attached hydrogens (tertiary/aromatic N) is 2. The largest absolute Gasteiger partial charge is 0.507 e. The molecule has 0 saturated carbocycles. The Morgan fingerprint density at radius 2 is 1.22 bits per heavy atom. The Labute approximate surface area is 299 Å². The number of benzene rings is 1. The highest BCUT2D eigenvalue weighted by molar-refractivity contribution is 5.94. The Morgan fingerprint density at radius 1 is 0.816 bits per heavy atom. The Kier molecular flexibility index (Phi) is 11.9. The van der Waals surface area contributed by atoms with Crippen LogP contribution < -0.4 is 0 Å². The Bertz CT molecular complexity index is 1270. The number of piperidine rings is 2. The lowest BCUT2D eigenvalue weighted by Crippen LogP contribution is -2.66. The van der Waals surface area contributed by atoms with Gasteiger partial charge < -0.3 is 14.9 Å². The van der Waals surface area contributed by atoms with Gasteiger partial charge in [-0.1, -0.05) is 53.7 Å². The van der Waals surface area contributed by atoms with Gasteiger partial charge in [0.2, 0.25) is 0 Å². The fourth-order valence-electron chi connectivity index (χ4n) is 9.33. The number of ether oxygens (including phenoxy) is 1. The highest BCUT2D eigenvalue weighted by Gasteiger charge is 2.54. The zero-order valence-electron chi connectivity index (χ0n) is 34.1. The van der Waals surface area contributed by atoms with Crippen molar-refractivity contribution in [3.63, 3.8) is 0 Å². The van der Waals surface area contributed by atoms with Crippen molar-refractivity contribution in [1.29, 1.82) is 0 Å². The zero-order chi connectivity index (χ0) is 37.7. The van der Waals surface area contributed by atoms with Crippen molar-refractivity contribution in [3.05, 3.63) is 28.8 Å². The number of aromatic hydroxyl groups is 1. The van der Waals surface area contributed by atoms with Gasteiger partial charge in [-0.3, -0.25) is 19.4 Å². The first-order valence-electron chi connectivity index (χ1n) is 18.8. The third-order valence-electron chi connectivity index (χ3n) is 13.3. The third-order valence-corrected chi connectivity index (χ3v) is 13.3. The molecule has 7 nitrogen and oxygen atoms in total. The van der Waals surface area contributed by atoms with Crippen LogP contribution in [0.2, 0.25) is 0 Å². The number of phenolic OH excluding ortho intramolecular Hbond substituents is 1. The van der Waals surface area contributed by atoms with Crippen molar-refractivity contribution in [2.24, 2.45) is 23.7 Å². The van der Waals surface area contributed by atoms with E-state index >= 15 is 0 Å². The van der Waals surface area contributed by atoms with Crippen LogP contribution >= 0.6 is 0 Å². The van der Waals surface area contributed by atoms with E-state index in [1.165, 1.54) is 0 Å². The summed E-state index contributed by atoms with van der Waals surface area (Å²) in [4.78, 5) is 31.1. The van der Waals surface area contributed by atoms with Gasteiger partial charge in [0.1, 0.15) is 5.75 Å². The van der Waals surface area contributed by atoms with Gasteiger partial charge in [0.05, 0.1) is 6.61 Å². The number of carboxylic acids is 1. The van der Waals surface area contributed by atoms with E-state index in [2.05, 4.69) is 79.3 Å². The topological polar surface area (TPSA) is 90.3 Å². The van der Waals surface area contributed by atoms with Gasteiger partial charge >= 0.3 is 11.9 Å². The number of carbonyl (C=O) groups excluding carboxylic acids is 1. The van der Waals surface area contributed by atoms with E-state index in [1.807, 2.05) is 53.7 Å². The first kappa shape index (κ1) is 41.3. The predicted molar refractivity (Wildman–Crippen MR) is 201 cm³/mol. The number of carbonyl (C=O) groups is 2. The summed E-state index contributed by atoms with van der Waals surface area (Å²) in [6.45, 7) is 31.4. The molecule has 280 valence electrons. The van der Waals surface area contributed by atoms with Crippen LogP contribution in [0.3, 0.4) is 0 Å². The summed E-state index contributed by atoms with van der Waals surface area (Å²) in [5.41, 5.74) is 1.76. The SMILES string of the molecule is CN1C(C)(C)CCC(C(CCCOC(=O)C(Cc2cc(C(C)(C)C)c(O)c(C(C)(C)C)c2)C(=O)O)C2CCC(C)(C)N(C)C2(C)C)C1(C)C. The minimum Gasteiger partial charge on any atom is -0.507 e. The molecule has 2 N–H and O–H groups in total. The van der Waals surface area contributed by atoms with E-state index in [0.717, 1.165) is 48.8 Å². The second kappa shape index (κ2) is 14.1. The van der Waals surface area contributed by atoms with Crippen molar-refractivity contribution in [2.75, 3.05) is 20.7 Å². The molecule has 1 aromatic rings. The van der Waals surface area contributed by atoms with E-state index in [4.69, 9.17) is 4.74 Å². The van der Waals surface area contributed by atoms with Crippen LogP contribution in [0.1, 0.15) is 152 Å². The standard InChI is InChI=1S/C42H72N2O5/c1-37(2,3)32-25-27(26-33(34(32)45)38(4,5)6)24-29(35(46)47)36(48)49-23-17-18-28(30-19-21-39(7,8)43(15)41(30,11)12)31-20-22-40(9,10)44(16)42(31,13)14/h25-26,28-31,45H,17-24H2,1-16H3,(H,46,47). The minimum atomic E-state index is -1.32. The second-order valence-electron chi connectivity index (χ2n) is 19.9. The maximum absolute atomic E-state index is 13.4. The molecule has 49 heavy (non-hydrogen) atoms. The van der Waals surface area contributed by atoms with E-state index in [-0.39, 0.29) is 51.8 Å². The molecule has 3 atom stereocenters. The van der Waals surface area contributed by atoms with E-state index in [1.54, 1.807) is 0 Å². The summed E-state index contributed by atoms with van der Waals surface area (Å²) in [7, 11) is 4.56. The molecule has 2 aliphatic heterocycles. The smallest absolute Gasteiger partial charge is 0.320 e. The molecule has 2 heterocycles. The highest BCUT2D eigenvalue weighted by atomic mass is 16.5. The number of hydrogen-bond donors (Lipinski definition) is 2. The lowest BCUT2D eigenvalue weighted by Gasteiger charge is -2.62. The minimum absolute atomic E-state index is 0.00104. The zero-order valence-corrected chi connectivity index (χ0v) is 34.1. The number of phenols is 1. The molecular formula is C42H72N2O5. The molecule has 2 aliphatic rings. The fraction of sp³-hybridized carbons (Fsp3) is 0.810. The molecule has 1 aromatic carbocycles. The average molecular weight is 685 g/mol. The van der Waals surface area contributed by atoms with Crippen LogP contribution in [0.5, 0.6) is 5.75 Å². The van der Waals surface area contributed by atoms with Crippen LogP contribution in [0.15, 0.2) is 12.1 Å². The van der Waals surface area contributed by atoms with Gasteiger partial charge in [-0.05, 0) is 160 Å². The van der Waals surface area contributed by atoms with Gasteiger partial charge in [-0.15, -0.1) is 0 Å². The maximum atomic E-state index is 13.4. The monoisotopic (exact) mass is 685 g/mol. The molecule has 7 heteroatoms. The van der Waals surface area contributed by atoms with Crippen molar-refractivity contribution in [3.8, 4) is 5.75 Å². The molecule has 0 radical (unpaired) electrons. The van der Waals surface area contributed by atoms with E-state index < -0.39 is 17.9 Å². The Morgan fingerprint density at radius 3 is 1.59 bits per heavy atom. The van der Waals surface area contributed by atoms with Gasteiger partial charge in [0, 0.05) is 22.2 Å². The number of carboxylic acid groups (broad SMARTS) is 1. The van der Waals surface area contributed by atoms with Crippen molar-refractivity contribution < 1.29 is 24.5 Å². The van der Waals surface area contributed by atoms with Crippen LogP contribution in [-0.4, -0.2) is 74.8 Å². The van der Waals surface area contributed by atoms with Gasteiger partial charge in [0.15, 0.2) is 5.92 Å². The molecule has 0 bridgehead atoms. The lowest BCUT2D eigenvalue weighted by molar-refractivity contribution is -0.159. The number of rotatable bonds is 10. The number of hydrogen-bond acceptors (Lipinski definition) is 6. The summed E-state index contributed by atoms with van der Waals surface area (Å²) in [5, 5.41) is 21.3. The molecule has 0 amide bonds. The Balaban J connectivity index is 1.83. The summed E-state index contributed by atoms with van der Waals surface area (Å²) < 4.78 is 5.80. The van der Waals surface area contributed by atoms with Crippen LogP contribution in [-0.2, 0) is 31.6 Å². The molecule has 0 spiro atoms. The molecule has 2 fully saturated rings. The first-order valence-corrected chi connectivity index (χ1v) is 18.8. The number of likely N-dealkylation sites (tertiary alicyclic amines) is 2. The summed E-state index contributed by atoms with van der Waals surface area (Å²) in [5.74, 6) is -1.56. The van der Waals surface area contributed by atoms with Crippen LogP contribution in [0.4, 0.5) is 0 Å². The molecule has 0 aliphatic carbocycles. The van der Waals surface area contributed by atoms with E-state index in [0.29, 0.717) is 24.2 Å². The van der Waals surface area contributed by atoms with E-state index in [9.17, 15) is 19.8 Å². The second-order valence-corrected chi connectivity index (χ2v) is 19.9. The number of aliphatic carboxylic acids is 1. The molecule has 3 rings (SSSR count). The molecule has 3 unspecified atom stereocenters. The van der Waals surface area contributed by atoms with Crippen molar-refractivity contribution in [2.45, 2.75) is 175 Å². The highest BCUT2D eigenvalue weighted by Crippen LogP contribution is 2.53. The Hall–Kier alpha value is -2.12. The van der Waals surface area contributed by atoms with Gasteiger partial charge in [-0.2, -0.15) is 0 Å². The lowest BCUT2D eigenvalue weighted by atomic mass is 9.57. The van der Waals surface area contributed by atoms with Crippen molar-refractivity contribution >= 4 is 11.9 Å². The summed E-state index contributed by atoms with van der Waals surface area (Å²) >= 11 is 0. The number of esters is 1. The molecule has 0 aromatic heterocycles. The van der Waals surface area contributed by atoms with Crippen LogP contribution in [0, 0.1) is 23.7 Å². The van der Waals surface area contributed by atoms with Crippen molar-refractivity contribution in [1.82, 2.24) is 9.80 Å². The predicted octanol–water partition coefficient (Wildman–Crippen LogP) is 8.97. The average Bonchev–Trinajstić information content (AvgIpc) is 2.94. The third kappa shape index (κ3) is 8.68. The van der Waals surface area contributed by atoms with Crippen LogP contribution in [0.25, 0.3) is 0 Å². The quantitative estimate of drug-likeness (QED) is 0.144. The molecule has 2 saturated heterocycles. The summed E-state index contributed by atoms with van der Waals surface area (Å²) in [6.07, 6.45) is 6.25. The first-order chi connectivity index (χ1) is 22.1. The van der Waals surface area contributed by atoms with Gasteiger partial charge in [-0.25, -0.2) is 0 Å². The fourth-order valence-corrected chi connectivity index (χ4v) is 9.33.